The summed E-state index contributed by atoms with van der Waals surface area (Å²) in [6.45, 7) is 3.94. The highest BCUT2D eigenvalue weighted by Gasteiger charge is 2.37. The van der Waals surface area contributed by atoms with E-state index in [1.165, 1.54) is 6.08 Å². The van der Waals surface area contributed by atoms with Crippen molar-refractivity contribution in [2.75, 3.05) is 4.90 Å². The number of benzene rings is 2. The lowest BCUT2D eigenvalue weighted by molar-refractivity contribution is -0.122. The standard InChI is InChI=1S/C24H19ClN2O4/c1-3-15-5-8-17(9-6-15)27-23(29)20(22(28)26-24(27)30)13-18-10-11-21(31-18)19-12-16(25)7-4-14(19)2/h4-13H,3H2,1-2H3,(H,26,28,30)/b20-13-. The zero-order valence-corrected chi connectivity index (χ0v) is 17.7. The number of urea groups is 1. The number of anilines is 1. The number of carbonyl (C=O) groups is 3. The number of nitrogens with one attached hydrogen (secondary N) is 1. The van der Waals surface area contributed by atoms with Crippen molar-refractivity contribution in [3.8, 4) is 11.3 Å². The molecule has 1 aliphatic heterocycles. The van der Waals surface area contributed by atoms with Gasteiger partial charge in [0.15, 0.2) is 0 Å². The van der Waals surface area contributed by atoms with Gasteiger partial charge in [-0.15, -0.1) is 0 Å². The van der Waals surface area contributed by atoms with Crippen molar-refractivity contribution in [1.29, 1.82) is 0 Å². The largest absolute Gasteiger partial charge is 0.457 e. The van der Waals surface area contributed by atoms with Crippen LogP contribution in [0.3, 0.4) is 0 Å². The lowest BCUT2D eigenvalue weighted by Gasteiger charge is -2.26. The molecule has 0 aliphatic carbocycles. The van der Waals surface area contributed by atoms with Gasteiger partial charge >= 0.3 is 6.03 Å². The van der Waals surface area contributed by atoms with E-state index in [-0.39, 0.29) is 5.57 Å². The number of amides is 4. The van der Waals surface area contributed by atoms with E-state index in [0.717, 1.165) is 28.0 Å². The predicted molar refractivity (Wildman–Crippen MR) is 119 cm³/mol. The van der Waals surface area contributed by atoms with Crippen LogP contribution in [-0.4, -0.2) is 17.8 Å². The van der Waals surface area contributed by atoms with Gasteiger partial charge in [0.25, 0.3) is 11.8 Å². The molecule has 1 aliphatic rings. The van der Waals surface area contributed by atoms with Crippen molar-refractivity contribution in [3.63, 3.8) is 0 Å². The van der Waals surface area contributed by atoms with Gasteiger partial charge in [-0.3, -0.25) is 14.9 Å². The Morgan fingerprint density at radius 3 is 2.48 bits per heavy atom. The lowest BCUT2D eigenvalue weighted by atomic mass is 10.1. The van der Waals surface area contributed by atoms with Crippen LogP contribution in [0.4, 0.5) is 10.5 Å². The molecule has 156 valence electrons. The van der Waals surface area contributed by atoms with E-state index < -0.39 is 17.8 Å². The summed E-state index contributed by atoms with van der Waals surface area (Å²) in [6.07, 6.45) is 2.16. The number of carbonyl (C=O) groups excluding carboxylic acids is 3. The predicted octanol–water partition coefficient (Wildman–Crippen LogP) is 5.14. The fourth-order valence-corrected chi connectivity index (χ4v) is 3.52. The summed E-state index contributed by atoms with van der Waals surface area (Å²) in [4.78, 5) is 38.6. The number of rotatable bonds is 4. The first-order valence-corrected chi connectivity index (χ1v) is 10.1. The Balaban J connectivity index is 1.67. The van der Waals surface area contributed by atoms with Gasteiger partial charge in [-0.05, 0) is 66.9 Å². The van der Waals surface area contributed by atoms with E-state index in [2.05, 4.69) is 5.32 Å². The third-order valence-corrected chi connectivity index (χ3v) is 5.32. The third kappa shape index (κ3) is 4.02. The number of hydrogen-bond donors (Lipinski definition) is 1. The minimum Gasteiger partial charge on any atom is -0.457 e. The molecule has 0 unspecified atom stereocenters. The average molecular weight is 435 g/mol. The third-order valence-electron chi connectivity index (χ3n) is 5.08. The maximum Gasteiger partial charge on any atom is 0.335 e. The zero-order chi connectivity index (χ0) is 22.1. The van der Waals surface area contributed by atoms with Crippen molar-refractivity contribution >= 4 is 41.2 Å². The number of halogens is 1. The quantitative estimate of drug-likeness (QED) is 0.455. The second-order valence-electron chi connectivity index (χ2n) is 7.14. The van der Waals surface area contributed by atoms with Gasteiger partial charge in [0.05, 0.1) is 5.69 Å². The van der Waals surface area contributed by atoms with Crippen LogP contribution in [0.1, 0.15) is 23.8 Å². The molecule has 1 fully saturated rings. The van der Waals surface area contributed by atoms with Gasteiger partial charge < -0.3 is 4.42 Å². The van der Waals surface area contributed by atoms with Crippen LogP contribution in [-0.2, 0) is 16.0 Å². The summed E-state index contributed by atoms with van der Waals surface area (Å²) < 4.78 is 5.83. The van der Waals surface area contributed by atoms with Crippen molar-refractivity contribution in [3.05, 3.63) is 82.1 Å². The van der Waals surface area contributed by atoms with Crippen molar-refractivity contribution in [2.45, 2.75) is 20.3 Å². The van der Waals surface area contributed by atoms with Gasteiger partial charge in [-0.25, -0.2) is 9.69 Å². The number of furan rings is 1. The first kappa shape index (κ1) is 20.6. The Morgan fingerprint density at radius 1 is 1.03 bits per heavy atom. The monoisotopic (exact) mass is 434 g/mol. The Labute approximate surface area is 184 Å². The normalized spacial score (nSPS) is 15.5. The molecule has 4 rings (SSSR count). The minimum atomic E-state index is -0.786. The molecule has 31 heavy (non-hydrogen) atoms. The number of imide groups is 2. The highest BCUT2D eigenvalue weighted by molar-refractivity contribution is 6.39. The Bertz CT molecular complexity index is 1220. The fraction of sp³-hybridized carbons (Fsp3) is 0.125. The second kappa shape index (κ2) is 8.24. The topological polar surface area (TPSA) is 79.6 Å². The molecule has 0 spiro atoms. The van der Waals surface area contributed by atoms with Crippen LogP contribution in [0.15, 0.2) is 64.6 Å². The lowest BCUT2D eigenvalue weighted by Crippen LogP contribution is -2.54. The summed E-state index contributed by atoms with van der Waals surface area (Å²) >= 11 is 6.09. The summed E-state index contributed by atoms with van der Waals surface area (Å²) in [5.74, 6) is -0.620. The maximum atomic E-state index is 13.0. The molecule has 1 aromatic heterocycles. The van der Waals surface area contributed by atoms with Crippen LogP contribution in [0.2, 0.25) is 5.02 Å². The van der Waals surface area contributed by atoms with Gasteiger partial charge in [0.2, 0.25) is 0 Å². The highest BCUT2D eigenvalue weighted by Crippen LogP contribution is 2.29. The molecule has 1 saturated heterocycles. The molecule has 4 amide bonds. The molecule has 6 nitrogen and oxygen atoms in total. The molecule has 2 heterocycles. The Hall–Kier alpha value is -3.64. The van der Waals surface area contributed by atoms with Gasteiger partial charge in [-0.2, -0.15) is 0 Å². The molecule has 2 aromatic carbocycles. The first-order valence-electron chi connectivity index (χ1n) is 9.74. The molecule has 7 heteroatoms. The number of aryl methyl sites for hydroxylation is 2. The Morgan fingerprint density at radius 2 is 1.77 bits per heavy atom. The molecule has 0 saturated carbocycles. The van der Waals surface area contributed by atoms with Crippen molar-refractivity contribution in [2.24, 2.45) is 0 Å². The van der Waals surface area contributed by atoms with Crippen LogP contribution >= 0.6 is 11.6 Å². The Kier molecular flexibility index (Phi) is 5.48. The SMILES string of the molecule is CCc1ccc(N2C(=O)NC(=O)/C(=C/c3ccc(-c4cc(Cl)ccc4C)o3)C2=O)cc1. The molecule has 0 atom stereocenters. The van der Waals surface area contributed by atoms with Gasteiger partial charge in [0.1, 0.15) is 17.1 Å². The van der Waals surface area contributed by atoms with Crippen LogP contribution < -0.4 is 10.2 Å². The van der Waals surface area contributed by atoms with Crippen molar-refractivity contribution < 1.29 is 18.8 Å². The summed E-state index contributed by atoms with van der Waals surface area (Å²) in [6, 6.07) is 15.1. The van der Waals surface area contributed by atoms with E-state index in [0.29, 0.717) is 22.2 Å². The molecule has 3 aromatic rings. The zero-order valence-electron chi connectivity index (χ0n) is 16.9. The molecule has 0 radical (unpaired) electrons. The summed E-state index contributed by atoms with van der Waals surface area (Å²) in [7, 11) is 0. The molecule has 0 bridgehead atoms. The number of hydrogen-bond acceptors (Lipinski definition) is 4. The fourth-order valence-electron chi connectivity index (χ4n) is 3.35. The summed E-state index contributed by atoms with van der Waals surface area (Å²) in [5.41, 5.74) is 3.04. The van der Waals surface area contributed by atoms with Crippen LogP contribution in [0.25, 0.3) is 17.4 Å². The maximum absolute atomic E-state index is 13.0. The molecular formula is C24H19ClN2O4. The number of nitrogens with zero attached hydrogens (tertiary/aromatic N) is 1. The van der Waals surface area contributed by atoms with E-state index in [9.17, 15) is 14.4 Å². The van der Waals surface area contributed by atoms with Gasteiger partial charge in [-0.1, -0.05) is 36.7 Å². The summed E-state index contributed by atoms with van der Waals surface area (Å²) in [5, 5.41) is 2.78. The second-order valence-corrected chi connectivity index (χ2v) is 7.58. The number of barbiturate groups is 1. The average Bonchev–Trinajstić information content (AvgIpc) is 3.21. The van der Waals surface area contributed by atoms with Crippen LogP contribution in [0, 0.1) is 6.92 Å². The van der Waals surface area contributed by atoms with E-state index in [4.69, 9.17) is 16.0 Å². The van der Waals surface area contributed by atoms with Crippen molar-refractivity contribution in [1.82, 2.24) is 5.32 Å². The van der Waals surface area contributed by atoms with Crippen LogP contribution in [0.5, 0.6) is 0 Å². The first-order chi connectivity index (χ1) is 14.9. The molecular weight excluding hydrogens is 416 g/mol. The highest BCUT2D eigenvalue weighted by atomic mass is 35.5. The minimum absolute atomic E-state index is 0.192. The molecule has 1 N–H and O–H groups in total. The van der Waals surface area contributed by atoms with E-state index >= 15 is 0 Å². The van der Waals surface area contributed by atoms with E-state index in [1.807, 2.05) is 32.0 Å². The smallest absolute Gasteiger partial charge is 0.335 e. The van der Waals surface area contributed by atoms with E-state index in [1.54, 1.807) is 36.4 Å². The van der Waals surface area contributed by atoms with Gasteiger partial charge in [0, 0.05) is 10.6 Å².